The zero-order chi connectivity index (χ0) is 12.0. The lowest BCUT2D eigenvalue weighted by atomic mass is 9.79. The minimum absolute atomic E-state index is 0.322. The van der Waals surface area contributed by atoms with Gasteiger partial charge in [-0.3, -0.25) is 0 Å². The summed E-state index contributed by atoms with van der Waals surface area (Å²) < 4.78 is 4.90. The molecule has 0 amide bonds. The molecule has 96 valence electrons. The van der Waals surface area contributed by atoms with Crippen LogP contribution in [0.5, 0.6) is 0 Å². The summed E-state index contributed by atoms with van der Waals surface area (Å²) in [4.78, 5) is 0. The van der Waals surface area contributed by atoms with Crippen LogP contribution in [0.3, 0.4) is 0 Å². The van der Waals surface area contributed by atoms with Crippen molar-refractivity contribution >= 4 is 0 Å². The van der Waals surface area contributed by atoms with Crippen LogP contribution in [0.1, 0.15) is 39.5 Å². The molecule has 0 heterocycles. The lowest BCUT2D eigenvalue weighted by Gasteiger charge is -2.32. The maximum absolute atomic E-state index is 9.51. The summed E-state index contributed by atoms with van der Waals surface area (Å²) >= 11 is 0. The number of hydrogen-bond donors (Lipinski definition) is 2. The molecule has 0 aromatic heterocycles. The molecule has 4 atom stereocenters. The van der Waals surface area contributed by atoms with Crippen LogP contribution in [0.4, 0.5) is 0 Å². The van der Waals surface area contributed by atoms with Gasteiger partial charge in [0.15, 0.2) is 0 Å². The van der Waals surface area contributed by atoms with Crippen molar-refractivity contribution in [1.82, 2.24) is 5.32 Å². The fourth-order valence-electron chi connectivity index (χ4n) is 2.46. The highest BCUT2D eigenvalue weighted by atomic mass is 16.5. The van der Waals surface area contributed by atoms with Gasteiger partial charge >= 0.3 is 0 Å². The van der Waals surface area contributed by atoms with Gasteiger partial charge in [0.05, 0.1) is 12.7 Å². The quantitative estimate of drug-likeness (QED) is 0.730. The molecule has 1 saturated carbocycles. The van der Waals surface area contributed by atoms with E-state index in [2.05, 4.69) is 19.2 Å². The Morgan fingerprint density at radius 2 is 2.06 bits per heavy atom. The average molecular weight is 229 g/mol. The van der Waals surface area contributed by atoms with Crippen molar-refractivity contribution in [2.45, 2.75) is 51.7 Å². The minimum Gasteiger partial charge on any atom is -0.391 e. The Hall–Kier alpha value is -0.120. The topological polar surface area (TPSA) is 41.5 Å². The lowest BCUT2D eigenvalue weighted by molar-refractivity contribution is 0.0583. The molecule has 0 aromatic carbocycles. The van der Waals surface area contributed by atoms with Gasteiger partial charge in [0.25, 0.3) is 0 Å². The van der Waals surface area contributed by atoms with E-state index >= 15 is 0 Å². The molecule has 3 heteroatoms. The summed E-state index contributed by atoms with van der Waals surface area (Å²) in [5, 5.41) is 13.1. The third kappa shape index (κ3) is 4.81. The van der Waals surface area contributed by atoms with E-state index in [1.165, 1.54) is 19.3 Å². The van der Waals surface area contributed by atoms with Crippen LogP contribution in [-0.2, 0) is 4.74 Å². The van der Waals surface area contributed by atoms with Crippen LogP contribution >= 0.6 is 0 Å². The predicted molar refractivity (Wildman–Crippen MR) is 66.5 cm³/mol. The Morgan fingerprint density at radius 3 is 2.69 bits per heavy atom. The fourth-order valence-corrected chi connectivity index (χ4v) is 2.46. The van der Waals surface area contributed by atoms with Crippen molar-refractivity contribution in [1.29, 1.82) is 0 Å². The standard InChI is InChI=1S/C13H27NO2/c1-10-4-5-12(8-11(10)2)14-7-6-13(15)9-16-3/h10-15H,4-9H2,1-3H3/t10-,11+,12+,13+/m0/s1. The Morgan fingerprint density at radius 1 is 1.31 bits per heavy atom. The molecule has 3 nitrogen and oxygen atoms in total. The second-order valence-electron chi connectivity index (χ2n) is 5.32. The summed E-state index contributed by atoms with van der Waals surface area (Å²) in [6, 6.07) is 0.654. The van der Waals surface area contributed by atoms with Gasteiger partial charge in [-0.25, -0.2) is 0 Å². The molecule has 0 saturated heterocycles. The SMILES string of the molecule is COC[C@H](O)CCN[C@@H]1CC[C@H](C)[C@H](C)C1. The predicted octanol–water partition coefficient (Wildman–Crippen LogP) is 1.80. The van der Waals surface area contributed by atoms with Crippen LogP contribution in [-0.4, -0.2) is 37.5 Å². The normalized spacial score (nSPS) is 32.6. The highest BCUT2D eigenvalue weighted by Crippen LogP contribution is 2.29. The van der Waals surface area contributed by atoms with E-state index in [1.54, 1.807) is 7.11 Å². The molecule has 2 N–H and O–H groups in total. The van der Waals surface area contributed by atoms with E-state index < -0.39 is 0 Å². The maximum atomic E-state index is 9.51. The van der Waals surface area contributed by atoms with Crippen LogP contribution < -0.4 is 5.32 Å². The Kier molecular flexibility index (Phi) is 6.32. The Balaban J connectivity index is 2.09. The first-order valence-corrected chi connectivity index (χ1v) is 6.53. The third-order valence-electron chi connectivity index (χ3n) is 3.87. The van der Waals surface area contributed by atoms with Crippen molar-refractivity contribution in [3.63, 3.8) is 0 Å². The molecule has 16 heavy (non-hydrogen) atoms. The number of aliphatic hydroxyl groups excluding tert-OH is 1. The van der Waals surface area contributed by atoms with Gasteiger partial charge in [0, 0.05) is 13.2 Å². The van der Waals surface area contributed by atoms with Gasteiger partial charge in [-0.1, -0.05) is 13.8 Å². The lowest BCUT2D eigenvalue weighted by Crippen LogP contribution is -2.37. The highest BCUT2D eigenvalue weighted by Gasteiger charge is 2.23. The van der Waals surface area contributed by atoms with Gasteiger partial charge in [0.1, 0.15) is 0 Å². The molecule has 0 spiro atoms. The van der Waals surface area contributed by atoms with E-state index in [0.717, 1.165) is 24.8 Å². The molecule has 0 radical (unpaired) electrons. The second-order valence-corrected chi connectivity index (χ2v) is 5.32. The van der Waals surface area contributed by atoms with Crippen molar-refractivity contribution in [2.24, 2.45) is 11.8 Å². The molecule has 1 aliphatic carbocycles. The average Bonchev–Trinajstić information content (AvgIpc) is 2.24. The van der Waals surface area contributed by atoms with Gasteiger partial charge in [-0.15, -0.1) is 0 Å². The van der Waals surface area contributed by atoms with Gasteiger partial charge in [-0.05, 0) is 44.1 Å². The van der Waals surface area contributed by atoms with Crippen molar-refractivity contribution in [3.05, 3.63) is 0 Å². The number of ether oxygens (including phenoxy) is 1. The largest absolute Gasteiger partial charge is 0.391 e. The van der Waals surface area contributed by atoms with Crippen LogP contribution in [0, 0.1) is 11.8 Å². The first-order valence-electron chi connectivity index (χ1n) is 6.53. The van der Waals surface area contributed by atoms with E-state index in [4.69, 9.17) is 4.74 Å². The third-order valence-corrected chi connectivity index (χ3v) is 3.87. The summed E-state index contributed by atoms with van der Waals surface area (Å²) in [5.41, 5.74) is 0. The van der Waals surface area contributed by atoms with E-state index in [9.17, 15) is 5.11 Å². The van der Waals surface area contributed by atoms with Crippen LogP contribution in [0.2, 0.25) is 0 Å². The van der Waals surface area contributed by atoms with Gasteiger partial charge in [0.2, 0.25) is 0 Å². The highest BCUT2D eigenvalue weighted by molar-refractivity contribution is 4.79. The molecule has 1 rings (SSSR count). The van der Waals surface area contributed by atoms with E-state index in [0.29, 0.717) is 12.6 Å². The second kappa shape index (κ2) is 7.25. The zero-order valence-electron chi connectivity index (χ0n) is 10.9. The molecule has 0 aliphatic heterocycles. The monoisotopic (exact) mass is 229 g/mol. The molecule has 1 fully saturated rings. The van der Waals surface area contributed by atoms with Gasteiger partial charge in [-0.2, -0.15) is 0 Å². The Bertz CT molecular complexity index is 187. The summed E-state index contributed by atoms with van der Waals surface area (Å²) in [6.45, 7) is 6.04. The first-order chi connectivity index (χ1) is 7.63. The van der Waals surface area contributed by atoms with E-state index in [1.807, 2.05) is 0 Å². The van der Waals surface area contributed by atoms with Crippen LogP contribution in [0.15, 0.2) is 0 Å². The van der Waals surface area contributed by atoms with Crippen molar-refractivity contribution in [3.8, 4) is 0 Å². The molecular weight excluding hydrogens is 202 g/mol. The fraction of sp³-hybridized carbons (Fsp3) is 1.00. The number of hydrogen-bond acceptors (Lipinski definition) is 3. The number of aliphatic hydroxyl groups is 1. The summed E-state index contributed by atoms with van der Waals surface area (Å²) in [5.74, 6) is 1.70. The number of nitrogens with one attached hydrogen (secondary N) is 1. The minimum atomic E-state index is -0.322. The summed E-state index contributed by atoms with van der Waals surface area (Å²) in [6.07, 6.45) is 4.36. The first kappa shape index (κ1) is 13.9. The molecule has 0 unspecified atom stereocenters. The smallest absolute Gasteiger partial charge is 0.0785 e. The van der Waals surface area contributed by atoms with Crippen molar-refractivity contribution in [2.75, 3.05) is 20.3 Å². The summed E-state index contributed by atoms with van der Waals surface area (Å²) in [7, 11) is 1.63. The molecular formula is C13H27NO2. The number of rotatable bonds is 6. The zero-order valence-corrected chi connectivity index (χ0v) is 10.9. The number of methoxy groups -OCH3 is 1. The Labute approximate surface area is 99.6 Å². The molecule has 0 bridgehead atoms. The molecule has 0 aromatic rings. The van der Waals surface area contributed by atoms with E-state index in [-0.39, 0.29) is 6.10 Å². The van der Waals surface area contributed by atoms with Crippen molar-refractivity contribution < 1.29 is 9.84 Å². The maximum Gasteiger partial charge on any atom is 0.0785 e. The van der Waals surface area contributed by atoms with Gasteiger partial charge < -0.3 is 15.2 Å². The molecule has 1 aliphatic rings. The van der Waals surface area contributed by atoms with Crippen LogP contribution in [0.25, 0.3) is 0 Å².